The maximum atomic E-state index is 5.49. The standard InChI is InChI=1S/C22H26N2O4/c1-2-4-18(24-12-16-6-8-20-22(10-16)28-14-26-20)17(3-1)23-11-15-5-7-19-21(9-15)27-13-25-19/h5-10,17-18,23-24H,1-4,11-14H2/t17-,18-/m0/s1. The lowest BCUT2D eigenvalue weighted by molar-refractivity contribution is 0.173. The summed E-state index contributed by atoms with van der Waals surface area (Å²) in [6, 6.07) is 13.3. The quantitative estimate of drug-likeness (QED) is 0.799. The highest BCUT2D eigenvalue weighted by Gasteiger charge is 2.25. The molecule has 2 aromatic rings. The van der Waals surface area contributed by atoms with E-state index >= 15 is 0 Å². The largest absolute Gasteiger partial charge is 0.454 e. The molecule has 5 rings (SSSR count). The van der Waals surface area contributed by atoms with Gasteiger partial charge in [-0.25, -0.2) is 0 Å². The predicted octanol–water partition coefficient (Wildman–Crippen LogP) is 3.33. The Morgan fingerprint density at radius 1 is 0.643 bits per heavy atom. The minimum atomic E-state index is 0.320. The van der Waals surface area contributed by atoms with Crippen molar-refractivity contribution in [2.24, 2.45) is 0 Å². The van der Waals surface area contributed by atoms with Crippen LogP contribution in [0.2, 0.25) is 0 Å². The van der Waals surface area contributed by atoms with E-state index in [2.05, 4.69) is 34.9 Å². The number of benzene rings is 2. The zero-order chi connectivity index (χ0) is 18.8. The number of fused-ring (bicyclic) bond motifs is 2. The Balaban J connectivity index is 1.18. The summed E-state index contributed by atoms with van der Waals surface area (Å²) in [6.45, 7) is 2.31. The molecule has 6 heteroatoms. The Bertz CT molecular complexity index is 772. The number of hydrogen-bond donors (Lipinski definition) is 2. The first-order valence-corrected chi connectivity index (χ1v) is 10.1. The zero-order valence-corrected chi connectivity index (χ0v) is 15.9. The fourth-order valence-electron chi connectivity index (χ4n) is 4.22. The van der Waals surface area contributed by atoms with Crippen LogP contribution in [0.5, 0.6) is 23.0 Å². The van der Waals surface area contributed by atoms with Gasteiger partial charge in [-0.2, -0.15) is 0 Å². The molecule has 28 heavy (non-hydrogen) atoms. The highest BCUT2D eigenvalue weighted by molar-refractivity contribution is 5.45. The van der Waals surface area contributed by atoms with Crippen molar-refractivity contribution in [3.05, 3.63) is 47.5 Å². The van der Waals surface area contributed by atoms with Crippen LogP contribution in [0, 0.1) is 0 Å². The lowest BCUT2D eigenvalue weighted by Gasteiger charge is -2.33. The molecule has 0 bridgehead atoms. The van der Waals surface area contributed by atoms with Crippen LogP contribution in [0.15, 0.2) is 36.4 Å². The van der Waals surface area contributed by atoms with E-state index in [0.717, 1.165) is 36.1 Å². The Hall–Kier alpha value is -2.44. The first-order chi connectivity index (χ1) is 13.8. The first-order valence-electron chi connectivity index (χ1n) is 10.1. The average molecular weight is 382 g/mol. The number of ether oxygens (including phenoxy) is 4. The molecule has 0 spiro atoms. The SMILES string of the molecule is c1cc2c(cc1CN[C@H]1CCCC[C@@H]1NCc1ccc3c(c1)OCO3)OCO2. The van der Waals surface area contributed by atoms with Crippen molar-refractivity contribution in [1.29, 1.82) is 0 Å². The van der Waals surface area contributed by atoms with Gasteiger partial charge in [0, 0.05) is 25.2 Å². The van der Waals surface area contributed by atoms with Crippen molar-refractivity contribution < 1.29 is 18.9 Å². The van der Waals surface area contributed by atoms with Gasteiger partial charge in [0.2, 0.25) is 13.6 Å². The van der Waals surface area contributed by atoms with Gasteiger partial charge in [-0.1, -0.05) is 25.0 Å². The molecule has 1 aliphatic carbocycles. The van der Waals surface area contributed by atoms with Gasteiger partial charge in [0.05, 0.1) is 0 Å². The minimum Gasteiger partial charge on any atom is -0.454 e. The summed E-state index contributed by atoms with van der Waals surface area (Å²) < 4.78 is 21.8. The van der Waals surface area contributed by atoms with Gasteiger partial charge in [0.1, 0.15) is 0 Å². The van der Waals surface area contributed by atoms with Crippen molar-refractivity contribution in [2.45, 2.75) is 50.9 Å². The zero-order valence-electron chi connectivity index (χ0n) is 15.9. The molecule has 2 heterocycles. The Kier molecular flexibility index (Phi) is 4.97. The molecule has 2 atom stereocenters. The molecule has 2 aliphatic heterocycles. The van der Waals surface area contributed by atoms with Crippen LogP contribution < -0.4 is 29.6 Å². The van der Waals surface area contributed by atoms with E-state index in [1.54, 1.807) is 0 Å². The lowest BCUT2D eigenvalue weighted by Crippen LogP contribution is -2.49. The number of nitrogens with one attached hydrogen (secondary N) is 2. The molecule has 0 aromatic heterocycles. The van der Waals surface area contributed by atoms with E-state index in [1.165, 1.54) is 36.8 Å². The average Bonchev–Trinajstić information content (AvgIpc) is 3.39. The molecule has 1 fully saturated rings. The highest BCUT2D eigenvalue weighted by Crippen LogP contribution is 2.33. The van der Waals surface area contributed by atoms with Gasteiger partial charge in [-0.15, -0.1) is 0 Å². The third kappa shape index (κ3) is 3.75. The van der Waals surface area contributed by atoms with Gasteiger partial charge in [0.15, 0.2) is 23.0 Å². The Morgan fingerprint density at radius 3 is 1.61 bits per heavy atom. The van der Waals surface area contributed by atoms with Gasteiger partial charge >= 0.3 is 0 Å². The summed E-state index contributed by atoms with van der Waals surface area (Å²) >= 11 is 0. The van der Waals surface area contributed by atoms with Gasteiger partial charge in [-0.05, 0) is 48.2 Å². The summed E-state index contributed by atoms with van der Waals surface area (Å²) in [6.07, 6.45) is 4.95. The van der Waals surface area contributed by atoms with E-state index < -0.39 is 0 Å². The second kappa shape index (κ2) is 7.89. The van der Waals surface area contributed by atoms with Crippen LogP contribution >= 0.6 is 0 Å². The van der Waals surface area contributed by atoms with Crippen LogP contribution in [-0.2, 0) is 13.1 Å². The van der Waals surface area contributed by atoms with Crippen molar-refractivity contribution >= 4 is 0 Å². The fourth-order valence-corrected chi connectivity index (χ4v) is 4.22. The van der Waals surface area contributed by atoms with E-state index in [0.29, 0.717) is 25.7 Å². The topological polar surface area (TPSA) is 61.0 Å². The summed E-state index contributed by atoms with van der Waals surface area (Å²) in [5, 5.41) is 7.51. The molecule has 1 saturated carbocycles. The van der Waals surface area contributed by atoms with Crippen molar-refractivity contribution in [2.75, 3.05) is 13.6 Å². The van der Waals surface area contributed by atoms with Gasteiger partial charge in [0.25, 0.3) is 0 Å². The van der Waals surface area contributed by atoms with E-state index in [9.17, 15) is 0 Å². The van der Waals surface area contributed by atoms with Crippen molar-refractivity contribution in [3.8, 4) is 23.0 Å². The molecule has 2 aromatic carbocycles. The summed E-state index contributed by atoms with van der Waals surface area (Å²) in [4.78, 5) is 0. The number of rotatable bonds is 6. The van der Waals surface area contributed by atoms with Crippen LogP contribution in [-0.4, -0.2) is 25.7 Å². The second-order valence-corrected chi connectivity index (χ2v) is 7.63. The number of hydrogen-bond acceptors (Lipinski definition) is 6. The van der Waals surface area contributed by atoms with E-state index in [1.807, 2.05) is 12.1 Å². The molecule has 0 amide bonds. The molecule has 2 N–H and O–H groups in total. The summed E-state index contributed by atoms with van der Waals surface area (Å²) in [5.74, 6) is 3.37. The van der Waals surface area contributed by atoms with Gasteiger partial charge in [-0.3, -0.25) is 0 Å². The van der Waals surface area contributed by atoms with Crippen molar-refractivity contribution in [1.82, 2.24) is 10.6 Å². The smallest absolute Gasteiger partial charge is 0.231 e. The van der Waals surface area contributed by atoms with Crippen LogP contribution in [0.25, 0.3) is 0 Å². The van der Waals surface area contributed by atoms with Crippen LogP contribution in [0.1, 0.15) is 36.8 Å². The first kappa shape index (κ1) is 17.6. The molecule has 148 valence electrons. The third-order valence-electron chi connectivity index (χ3n) is 5.78. The van der Waals surface area contributed by atoms with Gasteiger partial charge < -0.3 is 29.6 Å². The maximum absolute atomic E-state index is 5.49. The van der Waals surface area contributed by atoms with E-state index in [-0.39, 0.29) is 0 Å². The third-order valence-corrected chi connectivity index (χ3v) is 5.78. The van der Waals surface area contributed by atoms with Crippen molar-refractivity contribution in [3.63, 3.8) is 0 Å². The molecular weight excluding hydrogens is 356 g/mol. The molecule has 0 unspecified atom stereocenters. The Labute approximate surface area is 165 Å². The lowest BCUT2D eigenvalue weighted by atomic mass is 9.90. The summed E-state index contributed by atoms with van der Waals surface area (Å²) in [5.41, 5.74) is 2.45. The monoisotopic (exact) mass is 382 g/mol. The van der Waals surface area contributed by atoms with Crippen LogP contribution in [0.3, 0.4) is 0 Å². The molecule has 0 saturated heterocycles. The molecular formula is C22H26N2O4. The maximum Gasteiger partial charge on any atom is 0.231 e. The highest BCUT2D eigenvalue weighted by atomic mass is 16.7. The second-order valence-electron chi connectivity index (χ2n) is 7.63. The predicted molar refractivity (Wildman–Crippen MR) is 105 cm³/mol. The normalized spacial score (nSPS) is 22.4. The minimum absolute atomic E-state index is 0.320. The molecule has 3 aliphatic rings. The Morgan fingerprint density at radius 2 is 1.11 bits per heavy atom. The molecule has 6 nitrogen and oxygen atoms in total. The van der Waals surface area contributed by atoms with E-state index in [4.69, 9.17) is 18.9 Å². The molecule has 0 radical (unpaired) electrons. The van der Waals surface area contributed by atoms with Crippen LogP contribution in [0.4, 0.5) is 0 Å². The summed E-state index contributed by atoms with van der Waals surface area (Å²) in [7, 11) is 0. The fraction of sp³-hybridized carbons (Fsp3) is 0.455.